The van der Waals surface area contributed by atoms with Crippen molar-refractivity contribution in [1.82, 2.24) is 0 Å². The van der Waals surface area contributed by atoms with E-state index in [1.54, 1.807) is 0 Å². The molecule has 0 atom stereocenters. The molecule has 0 spiro atoms. The van der Waals surface area contributed by atoms with Crippen molar-refractivity contribution in [3.8, 4) is 55.4 Å². The van der Waals surface area contributed by atoms with Crippen molar-refractivity contribution in [1.29, 1.82) is 0 Å². The minimum atomic E-state index is 0. The van der Waals surface area contributed by atoms with Crippen LogP contribution >= 0.6 is 22.7 Å². The second kappa shape index (κ2) is 39.7. The van der Waals surface area contributed by atoms with E-state index in [0.29, 0.717) is 94.8 Å². The third kappa shape index (κ3) is 26.4. The van der Waals surface area contributed by atoms with Crippen LogP contribution in [0.15, 0.2) is 150 Å². The molecule has 0 unspecified atom stereocenters. The van der Waals surface area contributed by atoms with Crippen molar-refractivity contribution < 1.29 is 44.9 Å². The van der Waals surface area contributed by atoms with Crippen molar-refractivity contribution in [3.63, 3.8) is 0 Å². The first-order valence-corrected chi connectivity index (χ1v) is 33.6. The Hall–Kier alpha value is -5.18. The van der Waals surface area contributed by atoms with Crippen LogP contribution in [0.2, 0.25) is 0 Å². The summed E-state index contributed by atoms with van der Waals surface area (Å²) >= 11 is 25.4. The van der Waals surface area contributed by atoms with Crippen LogP contribution in [0, 0.1) is 35.5 Å². The summed E-state index contributed by atoms with van der Waals surface area (Å²) in [5, 5.41) is 0. The maximum atomic E-state index is 12.4. The molecule has 0 saturated heterocycles. The number of hydrogen-bond donors (Lipinski definition) is 0. The third-order valence-electron chi connectivity index (χ3n) is 13.4. The van der Waals surface area contributed by atoms with Crippen molar-refractivity contribution >= 4 is 92.8 Å². The van der Waals surface area contributed by atoms with Gasteiger partial charge in [0, 0.05) is 22.1 Å². The average Bonchev–Trinajstić information content (AvgIpc) is 2.01. The van der Waals surface area contributed by atoms with E-state index in [1.165, 1.54) is 22.7 Å². The van der Waals surface area contributed by atoms with E-state index < -0.39 is 0 Å². The second-order valence-corrected chi connectivity index (χ2v) is 27.5. The van der Waals surface area contributed by atoms with Crippen molar-refractivity contribution in [2.45, 2.75) is 122 Å². The zero-order chi connectivity index (χ0) is 62.5. The maximum Gasteiger partial charge on any atom is 0.288 e. The predicted octanol–water partition coefficient (Wildman–Crippen LogP) is 20.3. The first-order valence-electron chi connectivity index (χ1n) is 30.4. The monoisotopic (exact) mass is 1330 g/mol. The quantitative estimate of drug-likeness (QED) is 0.0246. The zero-order valence-electron chi connectivity index (χ0n) is 52.9. The fraction of sp³-hybridized carbons (Fsp3) is 0.411. The van der Waals surface area contributed by atoms with Gasteiger partial charge in [-0.25, -0.2) is 0 Å². The van der Waals surface area contributed by atoms with Gasteiger partial charge in [-0.15, -0.1) is 0 Å². The van der Waals surface area contributed by atoms with Gasteiger partial charge in [-0.1, -0.05) is 197 Å². The SMILES string of the molecule is CC(C)CCOc1ccc(OCCC(C)C)c(-c2sc(=O)sc2-c2ccccc2)c1.CC(C)CCOc1ccc(OCCC(C)C)c(C([S-])=C([S-])c2ccccc2)c1.CC(C)CCOc1ccc(OCCC(C)C)c(C([S-])=C([S-])c2ccccc2)c1.[Ni]. The molecule has 0 amide bonds. The van der Waals surface area contributed by atoms with Gasteiger partial charge in [0.1, 0.15) is 34.5 Å². The molecule has 14 heteroatoms. The molecule has 7 aromatic rings. The van der Waals surface area contributed by atoms with Crippen LogP contribution in [0.1, 0.15) is 144 Å². The summed E-state index contributed by atoms with van der Waals surface area (Å²) < 4.78 is 36.2. The second-order valence-electron chi connectivity index (χ2n) is 23.7. The molecule has 0 radical (unpaired) electrons. The molecule has 0 aliphatic carbocycles. The molecular weight excluding hydrogens is 1240 g/mol. The van der Waals surface area contributed by atoms with E-state index >= 15 is 0 Å². The Labute approximate surface area is 562 Å². The van der Waals surface area contributed by atoms with Crippen LogP contribution in [0.5, 0.6) is 34.5 Å². The first kappa shape index (κ1) is 74.3. The normalized spacial score (nSPS) is 11.7. The van der Waals surface area contributed by atoms with Crippen molar-refractivity contribution in [2.75, 3.05) is 39.6 Å². The molecule has 0 N–H and O–H groups in total. The van der Waals surface area contributed by atoms with Gasteiger partial charge >= 0.3 is 0 Å². The van der Waals surface area contributed by atoms with E-state index in [4.69, 9.17) is 78.9 Å². The van der Waals surface area contributed by atoms with E-state index in [2.05, 4.69) is 83.1 Å². The molecule has 1 aromatic heterocycles. The Kier molecular flexibility index (Phi) is 33.9. The molecule has 0 aliphatic heterocycles. The van der Waals surface area contributed by atoms with E-state index in [-0.39, 0.29) is 20.5 Å². The largest absolute Gasteiger partial charge is 0.780 e. The van der Waals surface area contributed by atoms with E-state index in [9.17, 15) is 4.79 Å². The summed E-state index contributed by atoms with van der Waals surface area (Å²) in [5.74, 6) is 8.27. The molecule has 0 aliphatic rings. The van der Waals surface area contributed by atoms with Crippen LogP contribution in [0.3, 0.4) is 0 Å². The van der Waals surface area contributed by atoms with Gasteiger partial charge in [-0.3, -0.25) is 4.79 Å². The topological polar surface area (TPSA) is 72.5 Å². The zero-order valence-corrected chi connectivity index (χ0v) is 58.8. The Morgan fingerprint density at radius 1 is 0.356 bits per heavy atom. The molecule has 7 nitrogen and oxygen atoms in total. The minimum Gasteiger partial charge on any atom is -0.780 e. The van der Waals surface area contributed by atoms with E-state index in [1.807, 2.05) is 146 Å². The number of hydrogen-bond acceptors (Lipinski definition) is 13. The van der Waals surface area contributed by atoms with Gasteiger partial charge in [0.25, 0.3) is 4.06 Å². The Morgan fingerprint density at radius 2 is 0.655 bits per heavy atom. The number of rotatable bonds is 30. The summed E-state index contributed by atoms with van der Waals surface area (Å²) in [5.41, 5.74) is 5.53. The van der Waals surface area contributed by atoms with Crippen LogP contribution in [0.4, 0.5) is 0 Å². The first-order chi connectivity index (χ1) is 41.2. The van der Waals surface area contributed by atoms with Crippen LogP contribution in [-0.2, 0) is 67.0 Å². The minimum absolute atomic E-state index is 0. The standard InChI is InChI=1S/C25H30O3S2.2C24H32O2S2.Ni/c1-17(2)12-14-27-20-10-11-22(28-15-13-18(3)4)21(16-20)24-23(29-25(26)30-24)19-8-6-5-7-9-19;2*1-17(2)12-14-25-20-10-11-22(26-15-13-18(3)4)21(16-20)24(28)23(27)19-8-6-5-7-9-19;/h5-11,16-18H,12-15H2,1-4H3;2*5-11,16-18,27-28H,12-15H2,1-4H3;/p-4. The molecule has 474 valence electrons. The average molecular weight is 1330 g/mol. The molecule has 6 aromatic carbocycles. The summed E-state index contributed by atoms with van der Waals surface area (Å²) in [4.78, 5) is 16.9. The van der Waals surface area contributed by atoms with Gasteiger partial charge in [0.2, 0.25) is 0 Å². The van der Waals surface area contributed by atoms with Gasteiger partial charge in [-0.2, -0.15) is 19.6 Å². The number of benzene rings is 6. The molecule has 87 heavy (non-hydrogen) atoms. The predicted molar refractivity (Wildman–Crippen MR) is 378 cm³/mol. The number of ether oxygens (including phenoxy) is 6. The fourth-order valence-electron chi connectivity index (χ4n) is 8.08. The van der Waals surface area contributed by atoms with Gasteiger partial charge < -0.3 is 78.9 Å². The van der Waals surface area contributed by atoms with Crippen molar-refractivity contribution in [2.24, 2.45) is 35.5 Å². The molecule has 0 saturated carbocycles. The molecule has 7 rings (SSSR count). The Morgan fingerprint density at radius 3 is 1.01 bits per heavy atom. The molecule has 0 bridgehead atoms. The van der Waals surface area contributed by atoms with Crippen molar-refractivity contribution in [3.05, 3.63) is 177 Å². The van der Waals surface area contributed by atoms with Crippen LogP contribution in [-0.4, -0.2) is 39.6 Å². The molecular formula is C73H90NiO7S6-4. The Balaban J connectivity index is 0.000000278. The summed E-state index contributed by atoms with van der Waals surface area (Å²) in [6, 6.07) is 47.5. The summed E-state index contributed by atoms with van der Waals surface area (Å²) in [6.07, 6.45) is 5.98. The smallest absolute Gasteiger partial charge is 0.288 e. The fourth-order valence-corrected chi connectivity index (χ4v) is 11.3. The van der Waals surface area contributed by atoms with Crippen LogP contribution in [0.25, 0.3) is 40.5 Å². The molecule has 0 fully saturated rings. The van der Waals surface area contributed by atoms with Gasteiger partial charge in [0.15, 0.2) is 0 Å². The Bertz CT molecular complexity index is 3070. The summed E-state index contributed by atoms with van der Waals surface area (Å²) in [7, 11) is 0. The van der Waals surface area contributed by atoms with Gasteiger partial charge in [0.05, 0.1) is 49.4 Å². The maximum absolute atomic E-state index is 12.4. The van der Waals surface area contributed by atoms with Gasteiger partial charge in [-0.05, 0) is 156 Å². The third-order valence-corrected chi connectivity index (χ3v) is 17.7. The van der Waals surface area contributed by atoms with E-state index in [0.717, 1.165) is 116 Å². The molecule has 1 heterocycles. The van der Waals surface area contributed by atoms with Crippen LogP contribution < -0.4 is 32.5 Å². The summed E-state index contributed by atoms with van der Waals surface area (Å²) in [6.45, 7) is 30.2.